The van der Waals surface area contributed by atoms with E-state index in [0.717, 1.165) is 12.0 Å². The summed E-state index contributed by atoms with van der Waals surface area (Å²) in [6.45, 7) is 5.02. The molecule has 0 radical (unpaired) electrons. The van der Waals surface area contributed by atoms with E-state index in [1.165, 1.54) is 0 Å². The number of aliphatic hydroxyl groups is 1. The highest BCUT2D eigenvalue weighted by Crippen LogP contribution is 2.15. The van der Waals surface area contributed by atoms with Gasteiger partial charge >= 0.3 is 0 Å². The molecule has 112 valence electrons. The minimum absolute atomic E-state index is 0.0534. The van der Waals surface area contributed by atoms with Crippen molar-refractivity contribution in [2.45, 2.75) is 33.1 Å². The first kappa shape index (κ1) is 16.5. The molecule has 0 fully saturated rings. The number of benzene rings is 1. The van der Waals surface area contributed by atoms with E-state index in [1.807, 2.05) is 6.07 Å². The van der Waals surface area contributed by atoms with Crippen LogP contribution in [0.4, 0.5) is 0 Å². The van der Waals surface area contributed by atoms with Crippen molar-refractivity contribution in [3.63, 3.8) is 0 Å². The van der Waals surface area contributed by atoms with Gasteiger partial charge in [0.1, 0.15) is 5.75 Å². The quantitative estimate of drug-likeness (QED) is 0.682. The Labute approximate surface area is 120 Å². The van der Waals surface area contributed by atoms with Crippen molar-refractivity contribution in [2.24, 2.45) is 11.8 Å². The average molecular weight is 279 g/mol. The summed E-state index contributed by atoms with van der Waals surface area (Å²) in [7, 11) is 0. The van der Waals surface area contributed by atoms with Crippen LogP contribution >= 0.6 is 0 Å². The Kier molecular flexibility index (Phi) is 7.09. The van der Waals surface area contributed by atoms with Gasteiger partial charge in [0.2, 0.25) is 5.91 Å². The highest BCUT2D eigenvalue weighted by molar-refractivity contribution is 5.78. The molecule has 0 aliphatic rings. The molecular weight excluding hydrogens is 254 g/mol. The van der Waals surface area contributed by atoms with Crippen LogP contribution < -0.4 is 5.32 Å². The van der Waals surface area contributed by atoms with E-state index >= 15 is 0 Å². The molecule has 3 N–H and O–H groups in total. The molecule has 20 heavy (non-hydrogen) atoms. The first-order chi connectivity index (χ1) is 9.51. The van der Waals surface area contributed by atoms with Gasteiger partial charge in [0.25, 0.3) is 0 Å². The number of phenolic OH excluding ortho intramolecular Hbond substituents is 1. The minimum Gasteiger partial charge on any atom is -0.508 e. The summed E-state index contributed by atoms with van der Waals surface area (Å²) in [6.07, 6.45) is 1.97. The van der Waals surface area contributed by atoms with Crippen molar-refractivity contribution in [3.05, 3.63) is 29.8 Å². The fourth-order valence-electron chi connectivity index (χ4n) is 2.32. The molecule has 1 rings (SSSR count). The zero-order chi connectivity index (χ0) is 15.0. The van der Waals surface area contributed by atoms with Gasteiger partial charge in [-0.3, -0.25) is 4.79 Å². The van der Waals surface area contributed by atoms with Crippen molar-refractivity contribution in [3.8, 4) is 5.75 Å². The van der Waals surface area contributed by atoms with Crippen LogP contribution in [0, 0.1) is 11.8 Å². The third kappa shape index (κ3) is 6.57. The predicted molar refractivity (Wildman–Crippen MR) is 79.5 cm³/mol. The van der Waals surface area contributed by atoms with Crippen LogP contribution in [-0.4, -0.2) is 29.3 Å². The molecule has 1 aromatic rings. The van der Waals surface area contributed by atoms with Crippen molar-refractivity contribution in [1.29, 1.82) is 0 Å². The molecule has 0 saturated carbocycles. The molecule has 1 atom stereocenters. The fourth-order valence-corrected chi connectivity index (χ4v) is 2.32. The number of rotatable bonds is 8. The van der Waals surface area contributed by atoms with E-state index in [-0.39, 0.29) is 24.7 Å². The van der Waals surface area contributed by atoms with E-state index in [0.29, 0.717) is 24.8 Å². The average Bonchev–Trinajstić information content (AvgIpc) is 2.35. The molecule has 4 nitrogen and oxygen atoms in total. The molecule has 0 aliphatic heterocycles. The Bertz CT molecular complexity index is 418. The number of nitrogens with one attached hydrogen (secondary N) is 1. The SMILES string of the molecule is CC(C)CC(CCO)CNC(=O)Cc1cccc(O)c1. The number of phenols is 1. The molecule has 0 heterocycles. The maximum Gasteiger partial charge on any atom is 0.224 e. The zero-order valence-electron chi connectivity index (χ0n) is 12.3. The molecule has 0 spiro atoms. The largest absolute Gasteiger partial charge is 0.508 e. The highest BCUT2D eigenvalue weighted by Gasteiger charge is 2.12. The maximum atomic E-state index is 11.9. The Morgan fingerprint density at radius 3 is 2.70 bits per heavy atom. The summed E-state index contributed by atoms with van der Waals surface area (Å²) in [5.74, 6) is 0.984. The number of aliphatic hydroxyl groups excluding tert-OH is 1. The monoisotopic (exact) mass is 279 g/mol. The second-order valence-electron chi connectivity index (χ2n) is 5.66. The van der Waals surface area contributed by atoms with Gasteiger partial charge in [-0.25, -0.2) is 0 Å². The summed E-state index contributed by atoms with van der Waals surface area (Å²) < 4.78 is 0. The molecule has 1 amide bonds. The predicted octanol–water partition coefficient (Wildman–Crippen LogP) is 2.10. The second-order valence-corrected chi connectivity index (χ2v) is 5.66. The normalized spacial score (nSPS) is 12.4. The second kappa shape index (κ2) is 8.59. The van der Waals surface area contributed by atoms with E-state index in [4.69, 9.17) is 5.11 Å². The molecular formula is C16H25NO3. The first-order valence-corrected chi connectivity index (χ1v) is 7.16. The Hall–Kier alpha value is -1.55. The third-order valence-electron chi connectivity index (χ3n) is 3.21. The maximum absolute atomic E-state index is 11.9. The molecule has 4 heteroatoms. The van der Waals surface area contributed by atoms with Gasteiger partial charge in [-0.05, 0) is 42.4 Å². The van der Waals surface area contributed by atoms with Crippen molar-refractivity contribution < 1.29 is 15.0 Å². The van der Waals surface area contributed by atoms with Gasteiger partial charge in [0.15, 0.2) is 0 Å². The number of amides is 1. The topological polar surface area (TPSA) is 69.6 Å². The van der Waals surface area contributed by atoms with Crippen LogP contribution in [0.3, 0.4) is 0 Å². The number of hydrogen-bond donors (Lipinski definition) is 3. The lowest BCUT2D eigenvalue weighted by molar-refractivity contribution is -0.120. The molecule has 1 aromatic carbocycles. The lowest BCUT2D eigenvalue weighted by Crippen LogP contribution is -2.31. The van der Waals surface area contributed by atoms with E-state index in [2.05, 4.69) is 19.2 Å². The summed E-state index contributed by atoms with van der Waals surface area (Å²) in [6, 6.07) is 6.73. The van der Waals surface area contributed by atoms with Gasteiger partial charge < -0.3 is 15.5 Å². The molecule has 1 unspecified atom stereocenters. The van der Waals surface area contributed by atoms with Crippen LogP contribution in [-0.2, 0) is 11.2 Å². The Morgan fingerprint density at radius 2 is 2.10 bits per heavy atom. The van der Waals surface area contributed by atoms with Gasteiger partial charge in [0.05, 0.1) is 6.42 Å². The number of aromatic hydroxyl groups is 1. The fraction of sp³-hybridized carbons (Fsp3) is 0.562. The number of hydrogen-bond acceptors (Lipinski definition) is 3. The van der Waals surface area contributed by atoms with Crippen LogP contribution in [0.2, 0.25) is 0 Å². The zero-order valence-corrected chi connectivity index (χ0v) is 12.3. The van der Waals surface area contributed by atoms with Crippen LogP contribution in [0.5, 0.6) is 5.75 Å². The standard InChI is InChI=1S/C16H25NO3/c1-12(2)8-14(6-7-18)11-17-16(20)10-13-4-3-5-15(19)9-13/h3-5,9,12,14,18-19H,6-8,10-11H2,1-2H3,(H,17,20). The smallest absolute Gasteiger partial charge is 0.224 e. The third-order valence-corrected chi connectivity index (χ3v) is 3.21. The lowest BCUT2D eigenvalue weighted by atomic mass is 9.94. The first-order valence-electron chi connectivity index (χ1n) is 7.16. The van der Waals surface area contributed by atoms with Gasteiger partial charge in [-0.2, -0.15) is 0 Å². The van der Waals surface area contributed by atoms with Gasteiger partial charge in [-0.15, -0.1) is 0 Å². The van der Waals surface area contributed by atoms with Crippen LogP contribution in [0.1, 0.15) is 32.3 Å². The minimum atomic E-state index is -0.0534. The number of carbonyl (C=O) groups is 1. The summed E-state index contributed by atoms with van der Waals surface area (Å²) in [5.41, 5.74) is 0.796. The van der Waals surface area contributed by atoms with E-state index in [1.54, 1.807) is 18.2 Å². The van der Waals surface area contributed by atoms with Crippen molar-refractivity contribution in [1.82, 2.24) is 5.32 Å². The van der Waals surface area contributed by atoms with Crippen molar-refractivity contribution >= 4 is 5.91 Å². The molecule has 0 aromatic heterocycles. The van der Waals surface area contributed by atoms with E-state index in [9.17, 15) is 9.90 Å². The summed E-state index contributed by atoms with van der Waals surface area (Å²) in [5, 5.41) is 21.3. The van der Waals surface area contributed by atoms with Gasteiger partial charge in [-0.1, -0.05) is 26.0 Å². The van der Waals surface area contributed by atoms with E-state index < -0.39 is 0 Å². The summed E-state index contributed by atoms with van der Waals surface area (Å²) in [4.78, 5) is 11.9. The lowest BCUT2D eigenvalue weighted by Gasteiger charge is -2.18. The van der Waals surface area contributed by atoms with Crippen LogP contribution in [0.15, 0.2) is 24.3 Å². The Morgan fingerprint density at radius 1 is 1.35 bits per heavy atom. The number of carbonyl (C=O) groups excluding carboxylic acids is 1. The summed E-state index contributed by atoms with van der Waals surface area (Å²) >= 11 is 0. The highest BCUT2D eigenvalue weighted by atomic mass is 16.3. The molecule has 0 aliphatic carbocycles. The Balaban J connectivity index is 2.41. The van der Waals surface area contributed by atoms with Crippen LogP contribution in [0.25, 0.3) is 0 Å². The molecule has 0 saturated heterocycles. The van der Waals surface area contributed by atoms with Gasteiger partial charge in [0, 0.05) is 13.2 Å². The van der Waals surface area contributed by atoms with Crippen molar-refractivity contribution in [2.75, 3.05) is 13.2 Å². The molecule has 0 bridgehead atoms.